The number of pyridine rings is 1. The first-order valence-electron chi connectivity index (χ1n) is 12.4. The maximum absolute atomic E-state index is 15.1. The lowest BCUT2D eigenvalue weighted by molar-refractivity contribution is 0.0811. The molecule has 0 spiro atoms. The highest BCUT2D eigenvalue weighted by Crippen LogP contribution is 2.23. The quantitative estimate of drug-likeness (QED) is 0.486. The lowest BCUT2D eigenvalue weighted by Gasteiger charge is -2.36. The fraction of sp³-hybridized carbons (Fsp3) is 0.440. The lowest BCUT2D eigenvalue weighted by atomic mass is 10.1. The van der Waals surface area contributed by atoms with Crippen LogP contribution < -0.4 is 15.9 Å². The van der Waals surface area contributed by atoms with E-state index in [0.717, 1.165) is 0 Å². The summed E-state index contributed by atoms with van der Waals surface area (Å²) in [5, 5.41) is 1.47. The number of halogens is 3. The van der Waals surface area contributed by atoms with Crippen LogP contribution in [0, 0.1) is 11.8 Å². The average molecular weight is 516 g/mol. The molecule has 1 atom stereocenters. The zero-order chi connectivity index (χ0) is 26.1. The number of benzene rings is 1. The van der Waals surface area contributed by atoms with Crippen LogP contribution in [0.1, 0.15) is 35.1 Å². The maximum Gasteiger partial charge on any atom is 0.284 e. The first-order chi connectivity index (χ1) is 17.8. The van der Waals surface area contributed by atoms with Gasteiger partial charge >= 0.3 is 0 Å². The van der Waals surface area contributed by atoms with Gasteiger partial charge in [0.1, 0.15) is 23.1 Å². The Hall–Kier alpha value is -3.51. The predicted octanol–water partition coefficient (Wildman–Crippen LogP) is 2.17. The molecule has 9 nitrogen and oxygen atoms in total. The highest BCUT2D eigenvalue weighted by Gasteiger charge is 2.26. The number of carbonyl (C=O) groups is 1. The van der Waals surface area contributed by atoms with Gasteiger partial charge in [0.15, 0.2) is 5.82 Å². The number of aromatic nitrogens is 3. The summed E-state index contributed by atoms with van der Waals surface area (Å²) >= 11 is 0. The zero-order valence-electron chi connectivity index (χ0n) is 20.4. The predicted molar refractivity (Wildman–Crippen MR) is 132 cm³/mol. The molecule has 2 aliphatic heterocycles. The van der Waals surface area contributed by atoms with Crippen molar-refractivity contribution in [3.05, 3.63) is 63.3 Å². The van der Waals surface area contributed by atoms with Crippen molar-refractivity contribution in [1.82, 2.24) is 30.3 Å². The zero-order valence-corrected chi connectivity index (χ0v) is 20.4. The van der Waals surface area contributed by atoms with Gasteiger partial charge in [0.25, 0.3) is 11.5 Å². The molecule has 2 saturated heterocycles. The first kappa shape index (κ1) is 25.2. The Labute approximate surface area is 211 Å². The van der Waals surface area contributed by atoms with Crippen LogP contribution in [0.2, 0.25) is 0 Å². The van der Waals surface area contributed by atoms with Gasteiger partial charge < -0.3 is 9.88 Å². The number of anilines is 1. The normalized spacial score (nSPS) is 19.0. The molecule has 5 rings (SSSR count). The number of H-pyrrole nitrogens is 1. The number of nitrogens with zero attached hydrogens (tertiary/aromatic N) is 5. The van der Waals surface area contributed by atoms with Crippen LogP contribution >= 0.6 is 0 Å². The van der Waals surface area contributed by atoms with Gasteiger partial charge in [-0.2, -0.15) is 4.39 Å². The van der Waals surface area contributed by atoms with E-state index in [4.69, 9.17) is 0 Å². The molecule has 37 heavy (non-hydrogen) atoms. The van der Waals surface area contributed by atoms with E-state index < -0.39 is 23.8 Å². The monoisotopic (exact) mass is 515 g/mol. The molecular weight excluding hydrogens is 487 g/mol. The van der Waals surface area contributed by atoms with Gasteiger partial charge in [0.2, 0.25) is 5.95 Å². The number of rotatable bonds is 6. The Balaban J connectivity index is 1.21. The van der Waals surface area contributed by atoms with E-state index in [1.807, 2.05) is 16.7 Å². The molecule has 1 unspecified atom stereocenters. The van der Waals surface area contributed by atoms with Crippen molar-refractivity contribution in [2.45, 2.75) is 32.5 Å². The highest BCUT2D eigenvalue weighted by atomic mass is 19.1. The summed E-state index contributed by atoms with van der Waals surface area (Å²) in [6.07, 6.45) is -0.180. The minimum atomic E-state index is -0.987. The van der Waals surface area contributed by atoms with Crippen molar-refractivity contribution in [2.75, 3.05) is 44.2 Å². The first-order valence-corrected chi connectivity index (χ1v) is 12.4. The second kappa shape index (κ2) is 10.5. The number of piperazine rings is 1. The Kier molecular flexibility index (Phi) is 7.11. The summed E-state index contributed by atoms with van der Waals surface area (Å²) in [7, 11) is 0. The topological polar surface area (TPSA) is 97.5 Å². The summed E-state index contributed by atoms with van der Waals surface area (Å²) in [5.41, 5.74) is 3.71. The average Bonchev–Trinajstić information content (AvgIpc) is 3.30. The van der Waals surface area contributed by atoms with Crippen molar-refractivity contribution in [3.8, 4) is 0 Å². The van der Waals surface area contributed by atoms with Crippen molar-refractivity contribution >= 4 is 22.6 Å². The number of hydrogen-bond acceptors (Lipinski definition) is 7. The molecule has 4 heterocycles. The van der Waals surface area contributed by atoms with Gasteiger partial charge in [-0.1, -0.05) is 13.0 Å². The van der Waals surface area contributed by atoms with Gasteiger partial charge in [-0.3, -0.25) is 19.9 Å². The molecule has 3 aromatic rings. The van der Waals surface area contributed by atoms with E-state index in [2.05, 4.69) is 20.4 Å². The number of hydrazine groups is 1. The number of amides is 1. The van der Waals surface area contributed by atoms with Crippen LogP contribution in [0.3, 0.4) is 0 Å². The lowest BCUT2D eigenvalue weighted by Crippen LogP contribution is -2.46. The van der Waals surface area contributed by atoms with Crippen LogP contribution in [-0.2, 0) is 13.0 Å². The highest BCUT2D eigenvalue weighted by molar-refractivity contribution is 5.92. The molecule has 2 fully saturated rings. The Morgan fingerprint density at radius 3 is 2.57 bits per heavy atom. The molecular formula is C25H28F3N7O2. The fourth-order valence-electron chi connectivity index (χ4n) is 4.76. The molecule has 12 heteroatoms. The number of aromatic amines is 1. The SMILES string of the molecule is CCc1nc2ccc(CN3CCN(c4ccc(C(=O)NN5CCC(F)C5)nc4F)CC3)c(F)c2[nH]c1=O. The third-order valence-corrected chi connectivity index (χ3v) is 6.85. The Morgan fingerprint density at radius 2 is 1.89 bits per heavy atom. The minimum absolute atomic E-state index is 0.0763. The van der Waals surface area contributed by atoms with Gasteiger partial charge in [-0.25, -0.2) is 23.8 Å². The van der Waals surface area contributed by atoms with E-state index in [1.165, 1.54) is 17.1 Å². The van der Waals surface area contributed by atoms with Crippen molar-refractivity contribution in [2.24, 2.45) is 0 Å². The number of fused-ring (bicyclic) bond motifs is 1. The molecule has 0 radical (unpaired) electrons. The van der Waals surface area contributed by atoms with Crippen LogP contribution in [0.15, 0.2) is 29.1 Å². The molecule has 2 N–H and O–H groups in total. The molecule has 2 aliphatic rings. The minimum Gasteiger partial charge on any atom is -0.365 e. The number of aryl methyl sites for hydroxylation is 1. The van der Waals surface area contributed by atoms with Crippen molar-refractivity contribution < 1.29 is 18.0 Å². The molecule has 2 aromatic heterocycles. The van der Waals surface area contributed by atoms with Gasteiger partial charge in [-0.15, -0.1) is 0 Å². The molecule has 0 bridgehead atoms. The van der Waals surface area contributed by atoms with E-state index in [9.17, 15) is 18.4 Å². The summed E-state index contributed by atoms with van der Waals surface area (Å²) in [4.78, 5) is 39.0. The second-order valence-electron chi connectivity index (χ2n) is 9.34. The third-order valence-electron chi connectivity index (χ3n) is 6.85. The van der Waals surface area contributed by atoms with E-state index in [0.29, 0.717) is 68.9 Å². The molecule has 196 valence electrons. The van der Waals surface area contributed by atoms with E-state index >= 15 is 4.39 Å². The second-order valence-corrected chi connectivity index (χ2v) is 9.34. The summed E-state index contributed by atoms with van der Waals surface area (Å²) in [5.74, 6) is -1.83. The van der Waals surface area contributed by atoms with Crippen LogP contribution in [0.5, 0.6) is 0 Å². The van der Waals surface area contributed by atoms with Crippen LogP contribution in [0.4, 0.5) is 18.9 Å². The molecule has 1 amide bonds. The summed E-state index contributed by atoms with van der Waals surface area (Å²) in [6.45, 7) is 4.75. The number of nitrogens with one attached hydrogen (secondary N) is 2. The van der Waals surface area contributed by atoms with Crippen molar-refractivity contribution in [3.63, 3.8) is 0 Å². The smallest absolute Gasteiger partial charge is 0.284 e. The van der Waals surface area contributed by atoms with Crippen LogP contribution in [0.25, 0.3) is 11.0 Å². The maximum atomic E-state index is 15.1. The van der Waals surface area contributed by atoms with E-state index in [1.54, 1.807) is 12.1 Å². The van der Waals surface area contributed by atoms with Gasteiger partial charge in [0, 0.05) is 51.4 Å². The molecule has 1 aromatic carbocycles. The van der Waals surface area contributed by atoms with Crippen LogP contribution in [-0.4, -0.2) is 76.2 Å². The van der Waals surface area contributed by atoms with Gasteiger partial charge in [-0.05, 0) is 31.0 Å². The molecule has 0 saturated carbocycles. The van der Waals surface area contributed by atoms with Crippen molar-refractivity contribution in [1.29, 1.82) is 0 Å². The fourth-order valence-corrected chi connectivity index (χ4v) is 4.76. The summed E-state index contributed by atoms with van der Waals surface area (Å²) < 4.78 is 43.2. The largest absolute Gasteiger partial charge is 0.365 e. The Bertz CT molecular complexity index is 1370. The number of alkyl halides is 1. The van der Waals surface area contributed by atoms with Gasteiger partial charge in [0.05, 0.1) is 11.2 Å². The Morgan fingerprint density at radius 1 is 1.11 bits per heavy atom. The number of carbonyl (C=O) groups excluding carboxylic acids is 1. The summed E-state index contributed by atoms with van der Waals surface area (Å²) in [6, 6.07) is 6.35. The third kappa shape index (κ3) is 5.30. The van der Waals surface area contributed by atoms with E-state index in [-0.39, 0.29) is 29.0 Å². The number of hydrogen-bond donors (Lipinski definition) is 2. The standard InChI is InChI=1S/C25H28F3N7O2/c1-2-17-24(36)31-22-18(29-17)4-3-15(21(22)27)13-33-9-11-34(12-10-33)20-6-5-19(30-23(20)28)25(37)32-35-8-7-16(26)14-35/h3-6,16H,2,7-14H2,1H3,(H,31,36)(H,32,37). The molecule has 0 aliphatic carbocycles.